The number of pyridine rings is 1. The molecule has 1 radical (unpaired) electrons. The second kappa shape index (κ2) is 6.66. The van der Waals surface area contributed by atoms with Crippen molar-refractivity contribution in [3.8, 4) is 0 Å². The number of hydrogen-bond donors (Lipinski definition) is 0. The number of rotatable bonds is 3. The summed E-state index contributed by atoms with van der Waals surface area (Å²) in [7, 11) is 0. The van der Waals surface area contributed by atoms with Gasteiger partial charge in [0.2, 0.25) is 0 Å². The van der Waals surface area contributed by atoms with E-state index < -0.39 is 0 Å². The average Bonchev–Trinajstić information content (AvgIpc) is 2.96. The first-order valence-electron chi connectivity index (χ1n) is 8.40. The van der Waals surface area contributed by atoms with Crippen LogP contribution in [0.25, 0.3) is 27.3 Å². The monoisotopic (exact) mass is 494 g/mol. The van der Waals surface area contributed by atoms with Gasteiger partial charge in [0.25, 0.3) is 0 Å². The summed E-state index contributed by atoms with van der Waals surface area (Å²) in [4.78, 5) is 4.75. The van der Waals surface area contributed by atoms with Gasteiger partial charge < -0.3 is 4.40 Å². The van der Waals surface area contributed by atoms with E-state index in [1.165, 1.54) is 46.0 Å². The van der Waals surface area contributed by atoms with Gasteiger partial charge >= 0.3 is 0 Å². The Bertz CT molecular complexity index is 1030. The smallest absolute Gasteiger partial charge is 0.0610 e. The van der Waals surface area contributed by atoms with Crippen LogP contribution in [0.5, 0.6) is 0 Å². The summed E-state index contributed by atoms with van der Waals surface area (Å²) < 4.78 is 2.36. The minimum atomic E-state index is 0. The van der Waals surface area contributed by atoms with Crippen molar-refractivity contribution in [3.05, 3.63) is 59.4 Å². The van der Waals surface area contributed by atoms with Crippen LogP contribution in [-0.2, 0) is 26.5 Å². The molecule has 2 nitrogen and oxygen atoms in total. The molecule has 0 saturated heterocycles. The second-order valence-corrected chi connectivity index (χ2v) is 6.45. The normalized spacial score (nSPS) is 11.3. The Morgan fingerprint density at radius 3 is 2.79 bits per heavy atom. The van der Waals surface area contributed by atoms with E-state index >= 15 is 0 Å². The van der Waals surface area contributed by atoms with E-state index in [2.05, 4.69) is 55.5 Å². The molecule has 0 fully saturated rings. The maximum atomic E-state index is 4.75. The fraction of sp³-hybridized carbons (Fsp3) is 0.286. The van der Waals surface area contributed by atoms with Gasteiger partial charge in [0.05, 0.1) is 5.65 Å². The summed E-state index contributed by atoms with van der Waals surface area (Å²) in [5.41, 5.74) is 6.24. The Kier molecular flexibility index (Phi) is 4.76. The van der Waals surface area contributed by atoms with Gasteiger partial charge in [-0.2, -0.15) is 0 Å². The summed E-state index contributed by atoms with van der Waals surface area (Å²) in [5.74, 6) is 0. The van der Waals surface area contributed by atoms with Crippen molar-refractivity contribution < 1.29 is 20.1 Å². The van der Waals surface area contributed by atoms with Crippen molar-refractivity contribution >= 4 is 27.3 Å². The van der Waals surface area contributed by atoms with E-state index in [1.807, 2.05) is 12.3 Å². The number of imidazole rings is 1. The van der Waals surface area contributed by atoms with E-state index in [9.17, 15) is 0 Å². The summed E-state index contributed by atoms with van der Waals surface area (Å²) in [6.45, 7) is 6.61. The van der Waals surface area contributed by atoms with Gasteiger partial charge in [0.1, 0.15) is 0 Å². The first-order valence-corrected chi connectivity index (χ1v) is 8.40. The van der Waals surface area contributed by atoms with Gasteiger partial charge in [-0.05, 0) is 37.6 Å². The Morgan fingerprint density at radius 2 is 2.00 bits per heavy atom. The maximum absolute atomic E-state index is 4.75. The van der Waals surface area contributed by atoms with Crippen LogP contribution in [0, 0.1) is 19.9 Å². The van der Waals surface area contributed by atoms with Crippen LogP contribution in [0.3, 0.4) is 0 Å². The van der Waals surface area contributed by atoms with E-state index in [0.29, 0.717) is 0 Å². The predicted octanol–water partition coefficient (Wildman–Crippen LogP) is 5.40. The third kappa shape index (κ3) is 2.56. The number of nitrogens with zero attached hydrogens (tertiary/aromatic N) is 2. The Hall–Kier alpha value is -1.70. The first kappa shape index (κ1) is 17.1. The van der Waals surface area contributed by atoms with Gasteiger partial charge in [-0.25, -0.2) is 0 Å². The zero-order chi connectivity index (χ0) is 16.0. The zero-order valence-electron chi connectivity index (χ0n) is 14.3. The second-order valence-electron chi connectivity index (χ2n) is 6.45. The largest absolute Gasteiger partial charge is 0.337 e. The maximum Gasteiger partial charge on any atom is 0.0610 e. The third-order valence-electron chi connectivity index (χ3n) is 4.66. The fourth-order valence-electron chi connectivity index (χ4n) is 3.66. The van der Waals surface area contributed by atoms with Crippen molar-refractivity contribution in [1.29, 1.82) is 0 Å². The molecule has 0 N–H and O–H groups in total. The van der Waals surface area contributed by atoms with Crippen LogP contribution in [0.15, 0.2) is 36.5 Å². The van der Waals surface area contributed by atoms with Crippen molar-refractivity contribution in [3.63, 3.8) is 0 Å². The van der Waals surface area contributed by atoms with Crippen LogP contribution < -0.4 is 0 Å². The minimum Gasteiger partial charge on any atom is -0.337 e. The van der Waals surface area contributed by atoms with Crippen molar-refractivity contribution in [1.82, 2.24) is 9.38 Å². The molecule has 0 aliphatic carbocycles. The summed E-state index contributed by atoms with van der Waals surface area (Å²) in [5, 5.41) is 3.67. The van der Waals surface area contributed by atoms with Crippen molar-refractivity contribution in [2.75, 3.05) is 0 Å². The summed E-state index contributed by atoms with van der Waals surface area (Å²) in [6, 6.07) is 14.2. The standard InChI is InChI=1S/C21H21N2.Ir/c1-4-5-8-16-13-22-21-18-10-7-6-9-17(18)19-12-14(2)11-15(3)20(19)23(16)21;/h6-7,9,11-13H,4-5,8H2,1-3H3;/q-1;. The van der Waals surface area contributed by atoms with Crippen LogP contribution in [-0.4, -0.2) is 9.38 Å². The van der Waals surface area contributed by atoms with Crippen LogP contribution in [0.2, 0.25) is 0 Å². The number of aromatic nitrogens is 2. The number of benzene rings is 2. The van der Waals surface area contributed by atoms with Crippen LogP contribution in [0.1, 0.15) is 36.6 Å². The molecule has 0 unspecified atom stereocenters. The SMILES string of the molecule is CCCCc1cnc2c3[c-]cccc3c3cc(C)cc(C)c3n12.[Ir]. The molecular weight excluding hydrogens is 472 g/mol. The molecule has 24 heavy (non-hydrogen) atoms. The average molecular weight is 494 g/mol. The van der Waals surface area contributed by atoms with Gasteiger partial charge in [-0.3, -0.25) is 4.98 Å². The number of fused-ring (bicyclic) bond motifs is 6. The topological polar surface area (TPSA) is 17.3 Å². The first-order chi connectivity index (χ1) is 11.2. The van der Waals surface area contributed by atoms with E-state index in [4.69, 9.17) is 4.98 Å². The molecule has 125 valence electrons. The van der Waals surface area contributed by atoms with Crippen molar-refractivity contribution in [2.45, 2.75) is 40.0 Å². The third-order valence-corrected chi connectivity index (χ3v) is 4.66. The fourth-order valence-corrected chi connectivity index (χ4v) is 3.66. The van der Waals surface area contributed by atoms with Crippen LogP contribution >= 0.6 is 0 Å². The van der Waals surface area contributed by atoms with Gasteiger partial charge in [0, 0.05) is 37.5 Å². The quantitative estimate of drug-likeness (QED) is 0.276. The molecule has 0 aliphatic heterocycles. The molecule has 0 atom stereocenters. The Morgan fingerprint density at radius 1 is 1.17 bits per heavy atom. The molecule has 2 heterocycles. The number of hydrogen-bond acceptors (Lipinski definition) is 1. The van der Waals surface area contributed by atoms with E-state index in [1.54, 1.807) is 0 Å². The molecule has 2 aromatic heterocycles. The molecule has 0 bridgehead atoms. The zero-order valence-corrected chi connectivity index (χ0v) is 16.7. The van der Waals surface area contributed by atoms with Gasteiger partial charge in [0.15, 0.2) is 0 Å². The molecule has 2 aromatic carbocycles. The molecule has 4 rings (SSSR count). The number of aryl methyl sites for hydroxylation is 3. The molecule has 3 heteroatoms. The molecule has 4 aromatic rings. The van der Waals surface area contributed by atoms with Gasteiger partial charge in [-0.15, -0.1) is 29.7 Å². The van der Waals surface area contributed by atoms with Gasteiger partial charge in [-0.1, -0.05) is 36.4 Å². The van der Waals surface area contributed by atoms with Crippen molar-refractivity contribution in [2.24, 2.45) is 0 Å². The molecule has 0 saturated carbocycles. The molecular formula is C21H21IrN2-. The predicted molar refractivity (Wildman–Crippen MR) is 97.1 cm³/mol. The Labute approximate surface area is 156 Å². The van der Waals surface area contributed by atoms with Crippen LogP contribution in [0.4, 0.5) is 0 Å². The molecule has 0 amide bonds. The van der Waals surface area contributed by atoms with E-state index in [-0.39, 0.29) is 20.1 Å². The Balaban J connectivity index is 0.00000169. The minimum absolute atomic E-state index is 0. The molecule has 0 spiro atoms. The number of unbranched alkanes of at least 4 members (excludes halogenated alkanes) is 1. The summed E-state index contributed by atoms with van der Waals surface area (Å²) >= 11 is 0. The molecule has 0 aliphatic rings. The summed E-state index contributed by atoms with van der Waals surface area (Å²) in [6.07, 6.45) is 5.50. The van der Waals surface area contributed by atoms with E-state index in [0.717, 1.165) is 17.5 Å².